The number of ether oxygens (including phenoxy) is 1. The molecule has 3 N–H and O–H groups in total. The second-order valence-electron chi connectivity index (χ2n) is 2.18. The molecule has 0 saturated heterocycles. The number of methoxy groups -OCH3 is 1. The van der Waals surface area contributed by atoms with Crippen LogP contribution in [0.2, 0.25) is 0 Å². The molecule has 0 aromatic heterocycles. The van der Waals surface area contributed by atoms with Crippen molar-refractivity contribution < 1.29 is 9.84 Å². The summed E-state index contributed by atoms with van der Waals surface area (Å²) in [7, 11) is 1.60. The first-order chi connectivity index (χ1) is 4.20. The molecule has 0 aliphatic rings. The van der Waals surface area contributed by atoms with Crippen LogP contribution in [0.15, 0.2) is 0 Å². The first-order valence-electron chi connectivity index (χ1n) is 3.11. The summed E-state index contributed by atoms with van der Waals surface area (Å²) in [5, 5.41) is 8.85. The Hall–Kier alpha value is -0.120. The molecule has 0 aliphatic heterocycles. The third kappa shape index (κ3) is 4.39. The van der Waals surface area contributed by atoms with Crippen LogP contribution in [0.4, 0.5) is 0 Å². The molecule has 0 heterocycles. The number of aliphatic hydroxyl groups excluding tert-OH is 1. The van der Waals surface area contributed by atoms with Gasteiger partial charge in [-0.05, 0) is 6.92 Å². The minimum atomic E-state index is -0.321. The normalized spacial score (nSPS) is 17.3. The van der Waals surface area contributed by atoms with E-state index < -0.39 is 0 Å². The summed E-state index contributed by atoms with van der Waals surface area (Å²) in [5.41, 5.74) is 5.30. The lowest BCUT2D eigenvalue weighted by molar-refractivity contribution is 0.0572. The molecule has 3 nitrogen and oxygen atoms in total. The third-order valence-corrected chi connectivity index (χ3v) is 1.20. The van der Waals surface area contributed by atoms with Crippen molar-refractivity contribution in [1.29, 1.82) is 0 Å². The van der Waals surface area contributed by atoms with Gasteiger partial charge in [-0.15, -0.1) is 0 Å². The fraction of sp³-hybridized carbons (Fsp3) is 1.00. The van der Waals surface area contributed by atoms with Crippen LogP contribution in [-0.4, -0.2) is 31.0 Å². The van der Waals surface area contributed by atoms with Crippen LogP contribution in [0.1, 0.15) is 13.3 Å². The first kappa shape index (κ1) is 8.88. The van der Waals surface area contributed by atoms with Gasteiger partial charge < -0.3 is 15.6 Å². The number of hydrogen-bond donors (Lipinski definition) is 2. The molecule has 0 aromatic carbocycles. The van der Waals surface area contributed by atoms with E-state index in [-0.39, 0.29) is 12.2 Å². The van der Waals surface area contributed by atoms with Gasteiger partial charge in [0.1, 0.15) is 0 Å². The van der Waals surface area contributed by atoms with Crippen molar-refractivity contribution in [1.82, 2.24) is 0 Å². The zero-order valence-corrected chi connectivity index (χ0v) is 6.00. The smallest absolute Gasteiger partial charge is 0.0718 e. The summed E-state index contributed by atoms with van der Waals surface area (Å²) >= 11 is 0. The van der Waals surface area contributed by atoms with Crippen LogP contribution in [0.25, 0.3) is 0 Å². The van der Waals surface area contributed by atoms with Crippen molar-refractivity contribution in [2.75, 3.05) is 13.7 Å². The maximum Gasteiger partial charge on any atom is 0.0718 e. The summed E-state index contributed by atoms with van der Waals surface area (Å²) in [4.78, 5) is 0. The van der Waals surface area contributed by atoms with Crippen LogP contribution >= 0.6 is 0 Å². The second kappa shape index (κ2) is 4.73. The van der Waals surface area contributed by atoms with E-state index in [1.54, 1.807) is 14.0 Å². The molecule has 0 spiro atoms. The van der Waals surface area contributed by atoms with Gasteiger partial charge >= 0.3 is 0 Å². The van der Waals surface area contributed by atoms with Crippen LogP contribution in [0.3, 0.4) is 0 Å². The van der Waals surface area contributed by atoms with Crippen molar-refractivity contribution in [3.63, 3.8) is 0 Å². The Bertz CT molecular complexity index is 62.1. The van der Waals surface area contributed by atoms with Crippen molar-refractivity contribution in [3.05, 3.63) is 0 Å². The SMILES string of the molecule is COC(CN)C[C@H](C)O. The molecule has 0 bridgehead atoms. The Morgan fingerprint density at radius 3 is 2.33 bits per heavy atom. The zero-order chi connectivity index (χ0) is 7.28. The largest absolute Gasteiger partial charge is 0.393 e. The van der Waals surface area contributed by atoms with Gasteiger partial charge in [-0.1, -0.05) is 0 Å². The van der Waals surface area contributed by atoms with Gasteiger partial charge in [0.2, 0.25) is 0 Å². The minimum absolute atomic E-state index is 0.00463. The molecule has 0 aromatic rings. The van der Waals surface area contributed by atoms with E-state index in [2.05, 4.69) is 0 Å². The lowest BCUT2D eigenvalue weighted by Crippen LogP contribution is -2.26. The maximum absolute atomic E-state index is 8.85. The average Bonchev–Trinajstić information content (AvgIpc) is 1.82. The molecule has 0 fully saturated rings. The maximum atomic E-state index is 8.85. The predicted octanol–water partition coefficient (Wildman–Crippen LogP) is -0.269. The molecule has 0 radical (unpaired) electrons. The lowest BCUT2D eigenvalue weighted by atomic mass is 10.2. The molecule has 56 valence electrons. The highest BCUT2D eigenvalue weighted by atomic mass is 16.5. The molecule has 0 rings (SSSR count). The van der Waals surface area contributed by atoms with Crippen molar-refractivity contribution in [3.8, 4) is 0 Å². The van der Waals surface area contributed by atoms with E-state index in [1.807, 2.05) is 0 Å². The lowest BCUT2D eigenvalue weighted by Gasteiger charge is -2.13. The van der Waals surface area contributed by atoms with Gasteiger partial charge in [-0.3, -0.25) is 0 Å². The molecule has 0 saturated carbocycles. The molecule has 0 amide bonds. The number of aliphatic hydroxyl groups is 1. The summed E-state index contributed by atoms with van der Waals surface area (Å²) in [6, 6.07) is 0. The van der Waals surface area contributed by atoms with Gasteiger partial charge in [-0.2, -0.15) is 0 Å². The highest BCUT2D eigenvalue weighted by Gasteiger charge is 2.06. The molecule has 9 heavy (non-hydrogen) atoms. The van der Waals surface area contributed by atoms with Gasteiger partial charge in [0.25, 0.3) is 0 Å². The number of nitrogens with two attached hydrogens (primary N) is 1. The van der Waals surface area contributed by atoms with E-state index in [0.29, 0.717) is 13.0 Å². The first-order valence-corrected chi connectivity index (χ1v) is 3.11. The van der Waals surface area contributed by atoms with E-state index in [0.717, 1.165) is 0 Å². The van der Waals surface area contributed by atoms with Crippen LogP contribution in [0.5, 0.6) is 0 Å². The third-order valence-electron chi connectivity index (χ3n) is 1.20. The van der Waals surface area contributed by atoms with Crippen LogP contribution < -0.4 is 5.73 Å². The Balaban J connectivity index is 3.31. The fourth-order valence-electron chi connectivity index (χ4n) is 0.669. The molecular weight excluding hydrogens is 118 g/mol. The predicted molar refractivity (Wildman–Crippen MR) is 36.1 cm³/mol. The monoisotopic (exact) mass is 133 g/mol. The highest BCUT2D eigenvalue weighted by molar-refractivity contribution is 4.60. The van der Waals surface area contributed by atoms with E-state index in [4.69, 9.17) is 15.6 Å². The van der Waals surface area contributed by atoms with E-state index >= 15 is 0 Å². The summed E-state index contributed by atoms with van der Waals surface area (Å²) in [6.45, 7) is 2.20. The minimum Gasteiger partial charge on any atom is -0.393 e. The average molecular weight is 133 g/mol. The molecule has 2 atom stereocenters. The highest BCUT2D eigenvalue weighted by Crippen LogP contribution is 1.98. The van der Waals surface area contributed by atoms with Crippen molar-refractivity contribution >= 4 is 0 Å². The number of rotatable bonds is 4. The topological polar surface area (TPSA) is 55.5 Å². The van der Waals surface area contributed by atoms with Crippen LogP contribution in [-0.2, 0) is 4.74 Å². The Kier molecular flexibility index (Phi) is 4.67. The van der Waals surface area contributed by atoms with E-state index in [9.17, 15) is 0 Å². The quantitative estimate of drug-likeness (QED) is 0.555. The second-order valence-corrected chi connectivity index (χ2v) is 2.18. The van der Waals surface area contributed by atoms with Gasteiger partial charge in [0.05, 0.1) is 12.2 Å². The Morgan fingerprint density at radius 1 is 1.67 bits per heavy atom. The molecule has 1 unspecified atom stereocenters. The molecular formula is C6H15NO2. The van der Waals surface area contributed by atoms with Gasteiger partial charge in [0, 0.05) is 20.1 Å². The number of hydrogen-bond acceptors (Lipinski definition) is 3. The standard InChI is InChI=1S/C6H15NO2/c1-5(8)3-6(4-7)9-2/h5-6,8H,3-4,7H2,1-2H3/t5-,6?/m0/s1. The summed E-state index contributed by atoms with van der Waals surface area (Å²) in [5.74, 6) is 0. The van der Waals surface area contributed by atoms with Crippen molar-refractivity contribution in [2.24, 2.45) is 5.73 Å². The summed E-state index contributed by atoms with van der Waals surface area (Å²) in [6.07, 6.45) is 0.302. The van der Waals surface area contributed by atoms with E-state index in [1.165, 1.54) is 0 Å². The Morgan fingerprint density at radius 2 is 2.22 bits per heavy atom. The summed E-state index contributed by atoms with van der Waals surface area (Å²) < 4.78 is 4.93. The fourth-order valence-corrected chi connectivity index (χ4v) is 0.669. The molecule has 3 heteroatoms. The Labute approximate surface area is 55.8 Å². The van der Waals surface area contributed by atoms with Gasteiger partial charge in [0.15, 0.2) is 0 Å². The van der Waals surface area contributed by atoms with Crippen LogP contribution in [0, 0.1) is 0 Å². The van der Waals surface area contributed by atoms with Crippen molar-refractivity contribution in [2.45, 2.75) is 25.6 Å². The molecule has 0 aliphatic carbocycles. The zero-order valence-electron chi connectivity index (χ0n) is 6.00. The van der Waals surface area contributed by atoms with Gasteiger partial charge in [-0.25, -0.2) is 0 Å².